The van der Waals surface area contributed by atoms with Crippen LogP contribution in [-0.4, -0.2) is 28.9 Å². The molecule has 0 unspecified atom stereocenters. The van der Waals surface area contributed by atoms with E-state index in [2.05, 4.69) is 122 Å². The minimum absolute atomic E-state index is 0. The average Bonchev–Trinajstić information content (AvgIpc) is 3.85. The van der Waals surface area contributed by atoms with E-state index in [1.54, 1.807) is 6.20 Å². The summed E-state index contributed by atoms with van der Waals surface area (Å²) in [5.41, 5.74) is 15.6. The molecular formula is C53H35IrN6. The van der Waals surface area contributed by atoms with E-state index in [9.17, 15) is 0 Å². The molecule has 7 heteroatoms. The molecule has 0 radical (unpaired) electrons. The first-order valence-corrected chi connectivity index (χ1v) is 19.5. The van der Waals surface area contributed by atoms with Crippen LogP contribution in [0.2, 0.25) is 0 Å². The van der Waals surface area contributed by atoms with Crippen LogP contribution in [0.25, 0.3) is 78.4 Å². The number of para-hydroxylation sites is 2. The number of benzene rings is 6. The first-order valence-electron chi connectivity index (χ1n) is 19.5. The van der Waals surface area contributed by atoms with E-state index in [1.807, 2.05) is 109 Å². The van der Waals surface area contributed by atoms with Crippen LogP contribution < -0.4 is 0 Å². The predicted molar refractivity (Wildman–Crippen MR) is 237 cm³/mol. The van der Waals surface area contributed by atoms with E-state index in [4.69, 9.17) is 9.97 Å². The van der Waals surface area contributed by atoms with Crippen molar-refractivity contribution in [2.45, 2.75) is 6.42 Å². The molecule has 6 nitrogen and oxygen atoms in total. The fourth-order valence-corrected chi connectivity index (χ4v) is 7.67. The molecule has 0 saturated carbocycles. The van der Waals surface area contributed by atoms with Crippen molar-refractivity contribution in [1.82, 2.24) is 28.9 Å². The largest absolute Gasteiger partial charge is 3.00 e. The van der Waals surface area contributed by atoms with Gasteiger partial charge in [-0.25, -0.2) is 4.98 Å². The summed E-state index contributed by atoms with van der Waals surface area (Å²) in [4.78, 5) is 18.8. The van der Waals surface area contributed by atoms with E-state index < -0.39 is 0 Å². The first-order chi connectivity index (χ1) is 29.3. The summed E-state index contributed by atoms with van der Waals surface area (Å²) in [6.45, 7) is 0. The summed E-state index contributed by atoms with van der Waals surface area (Å²) in [6.07, 6.45) is 6.20. The van der Waals surface area contributed by atoms with Gasteiger partial charge in [-0.3, -0.25) is 8.97 Å². The number of aromatic nitrogens is 6. The molecule has 0 saturated heterocycles. The summed E-state index contributed by atoms with van der Waals surface area (Å²) in [5, 5.41) is 0. The van der Waals surface area contributed by atoms with Crippen molar-refractivity contribution in [2.24, 2.45) is 0 Å². The SMILES string of the molecule is [Ir+3].[c-]1ccc(-c2cccc3c2n2c4cc(Cc5cccnc5-c5[c-]cccc5)ccc4nc2n3-c2ccccc2)cc1-c1ccccn1.[c-]1ccccc1-c1ccccn1. The summed E-state index contributed by atoms with van der Waals surface area (Å²) < 4.78 is 4.58. The maximum Gasteiger partial charge on any atom is 3.00 e. The Morgan fingerprint density at radius 2 is 1.20 bits per heavy atom. The number of pyridine rings is 3. The molecule has 0 aliphatic heterocycles. The second-order valence-electron chi connectivity index (χ2n) is 14.1. The van der Waals surface area contributed by atoms with Crippen molar-refractivity contribution >= 4 is 27.8 Å². The zero-order valence-electron chi connectivity index (χ0n) is 32.3. The third-order valence-corrected chi connectivity index (χ3v) is 10.3. The van der Waals surface area contributed by atoms with Crippen molar-refractivity contribution in [2.75, 3.05) is 0 Å². The molecule has 0 bridgehead atoms. The van der Waals surface area contributed by atoms with Gasteiger partial charge in [0.25, 0.3) is 0 Å². The topological polar surface area (TPSA) is 60.9 Å². The fourth-order valence-electron chi connectivity index (χ4n) is 7.67. The van der Waals surface area contributed by atoms with Crippen molar-refractivity contribution in [3.05, 3.63) is 230 Å². The molecule has 60 heavy (non-hydrogen) atoms. The zero-order chi connectivity index (χ0) is 39.4. The third-order valence-electron chi connectivity index (χ3n) is 10.3. The molecule has 286 valence electrons. The molecule has 0 aliphatic carbocycles. The number of hydrogen-bond donors (Lipinski definition) is 0. The predicted octanol–water partition coefficient (Wildman–Crippen LogP) is 12.0. The molecule has 11 rings (SSSR count). The van der Waals surface area contributed by atoms with Crippen LogP contribution in [0.15, 0.2) is 201 Å². The molecule has 0 spiro atoms. The molecular weight excluding hydrogens is 913 g/mol. The van der Waals surface area contributed by atoms with Gasteiger partial charge in [0.05, 0.1) is 22.1 Å². The Kier molecular flexibility index (Phi) is 11.0. The molecule has 0 atom stereocenters. The van der Waals surface area contributed by atoms with Gasteiger partial charge in [0.15, 0.2) is 0 Å². The Bertz CT molecular complexity index is 3130. The van der Waals surface area contributed by atoms with Crippen LogP contribution in [0.5, 0.6) is 0 Å². The van der Waals surface area contributed by atoms with Gasteiger partial charge in [-0.1, -0.05) is 77.9 Å². The van der Waals surface area contributed by atoms with Gasteiger partial charge in [0.1, 0.15) is 0 Å². The van der Waals surface area contributed by atoms with Crippen molar-refractivity contribution in [3.8, 4) is 50.6 Å². The summed E-state index contributed by atoms with van der Waals surface area (Å²) in [7, 11) is 0. The molecule has 0 amide bonds. The standard InChI is InChI=1S/C42H27N5.C11H8N.Ir/c1-3-12-30(13-4-1)40-33(16-11-25-44-40)26-29-22-23-37-39(27-29)47-41-35(31-14-9-15-32(28-31)36-20-7-8-24-43-36)19-10-21-38(41)46(42(47)45-37)34-17-5-2-6-18-34;1-2-6-10(7-3-1)11-8-4-5-9-12-11;/h1-12,14,16-25,27-28H,26H2;1-6,8-9H;/q-2;-1;+3. The summed E-state index contributed by atoms with van der Waals surface area (Å²) in [6, 6.07) is 71.6. The molecule has 0 N–H and O–H groups in total. The van der Waals surface area contributed by atoms with E-state index in [0.717, 1.165) is 90.4 Å². The molecule has 0 aliphatic rings. The van der Waals surface area contributed by atoms with Crippen molar-refractivity contribution in [1.29, 1.82) is 0 Å². The van der Waals surface area contributed by atoms with Crippen LogP contribution in [0.4, 0.5) is 0 Å². The second kappa shape index (κ2) is 17.3. The van der Waals surface area contributed by atoms with E-state index >= 15 is 0 Å². The van der Waals surface area contributed by atoms with E-state index in [1.165, 1.54) is 5.56 Å². The molecule has 6 aromatic carbocycles. The Hall–Kier alpha value is -7.31. The van der Waals surface area contributed by atoms with Crippen molar-refractivity contribution < 1.29 is 20.1 Å². The van der Waals surface area contributed by atoms with Crippen LogP contribution in [-0.2, 0) is 26.5 Å². The van der Waals surface area contributed by atoms with Crippen LogP contribution in [0.3, 0.4) is 0 Å². The average molecular weight is 948 g/mol. The number of nitrogens with zero attached hydrogens (tertiary/aromatic N) is 6. The Morgan fingerprint density at radius 1 is 0.500 bits per heavy atom. The van der Waals surface area contributed by atoms with Gasteiger partial charge < -0.3 is 15.0 Å². The molecule has 5 aromatic heterocycles. The first kappa shape index (κ1) is 38.2. The summed E-state index contributed by atoms with van der Waals surface area (Å²) in [5.74, 6) is 0.874. The fraction of sp³-hybridized carbons (Fsp3) is 0.0189. The number of rotatable bonds is 7. The number of hydrogen-bond acceptors (Lipinski definition) is 4. The van der Waals surface area contributed by atoms with Crippen LogP contribution in [0.1, 0.15) is 11.1 Å². The van der Waals surface area contributed by atoms with Crippen molar-refractivity contribution in [3.63, 3.8) is 0 Å². The smallest absolute Gasteiger partial charge is 0.305 e. The minimum Gasteiger partial charge on any atom is -0.305 e. The van der Waals surface area contributed by atoms with Gasteiger partial charge in [-0.2, -0.15) is 0 Å². The van der Waals surface area contributed by atoms with Gasteiger partial charge in [0.2, 0.25) is 5.78 Å². The Morgan fingerprint density at radius 3 is 1.93 bits per heavy atom. The maximum absolute atomic E-state index is 5.23. The normalized spacial score (nSPS) is 10.9. The maximum atomic E-state index is 5.23. The third kappa shape index (κ3) is 7.56. The van der Waals surface area contributed by atoms with Gasteiger partial charge in [-0.05, 0) is 83.2 Å². The molecule has 0 fully saturated rings. The van der Waals surface area contributed by atoms with Gasteiger partial charge in [-0.15, -0.1) is 102 Å². The zero-order valence-corrected chi connectivity index (χ0v) is 34.7. The molecule has 11 aromatic rings. The monoisotopic (exact) mass is 948 g/mol. The summed E-state index contributed by atoms with van der Waals surface area (Å²) >= 11 is 0. The minimum atomic E-state index is 0. The Balaban J connectivity index is 0.000000306. The van der Waals surface area contributed by atoms with Crippen LogP contribution in [0, 0.1) is 18.2 Å². The van der Waals surface area contributed by atoms with Crippen LogP contribution >= 0.6 is 0 Å². The number of imidazole rings is 2. The quantitative estimate of drug-likeness (QED) is 0.149. The van der Waals surface area contributed by atoms with E-state index in [0.29, 0.717) is 0 Å². The Labute approximate surface area is 361 Å². The van der Waals surface area contributed by atoms with Gasteiger partial charge in [0, 0.05) is 24.3 Å². The molecule has 5 heterocycles. The van der Waals surface area contributed by atoms with Gasteiger partial charge >= 0.3 is 20.1 Å². The van der Waals surface area contributed by atoms with E-state index in [-0.39, 0.29) is 20.1 Å². The number of fused-ring (bicyclic) bond motifs is 5. The second-order valence-corrected chi connectivity index (χ2v) is 14.1.